The number of nitriles is 2. The number of nitrogens with zero attached hydrogens (tertiary/aromatic N) is 2. The van der Waals surface area contributed by atoms with E-state index in [9.17, 15) is 0 Å². The maximum atomic E-state index is 8.80. The van der Waals surface area contributed by atoms with E-state index in [-0.39, 0.29) is 5.57 Å². The number of rotatable bonds is 5. The minimum Gasteiger partial charge on any atom is -0.192 e. The van der Waals surface area contributed by atoms with Crippen LogP contribution in [-0.2, 0) is 0 Å². The van der Waals surface area contributed by atoms with Crippen molar-refractivity contribution in [1.29, 1.82) is 10.5 Å². The minimum atomic E-state index is 0.103. The maximum absolute atomic E-state index is 8.80. The van der Waals surface area contributed by atoms with Gasteiger partial charge in [0.15, 0.2) is 0 Å². The lowest BCUT2D eigenvalue weighted by molar-refractivity contribution is 1.39. The highest BCUT2D eigenvalue weighted by atomic mass is 14.3. The molecule has 0 bridgehead atoms. The summed E-state index contributed by atoms with van der Waals surface area (Å²) < 4.78 is 0. The number of hydrogen-bond donors (Lipinski definition) is 0. The zero-order valence-electron chi connectivity index (χ0n) is 14.7. The fourth-order valence-corrected chi connectivity index (χ4v) is 2.56. The lowest BCUT2D eigenvalue weighted by atomic mass is 10.0. The summed E-state index contributed by atoms with van der Waals surface area (Å²) >= 11 is 0. The first-order chi connectivity index (χ1) is 13.3. The molecule has 1 fully saturated rings. The van der Waals surface area contributed by atoms with Crippen LogP contribution in [0.15, 0.2) is 60.2 Å². The Morgan fingerprint density at radius 3 is 1.44 bits per heavy atom. The molecule has 127 valence electrons. The van der Waals surface area contributed by atoms with Crippen LogP contribution < -0.4 is 0 Å². The molecule has 0 spiro atoms. The van der Waals surface area contributed by atoms with E-state index >= 15 is 0 Å². The van der Waals surface area contributed by atoms with Gasteiger partial charge in [-0.3, -0.25) is 0 Å². The van der Waals surface area contributed by atoms with Gasteiger partial charge in [0.1, 0.15) is 17.7 Å². The Kier molecular flexibility index (Phi) is 6.40. The highest BCUT2D eigenvalue weighted by Crippen LogP contribution is 2.25. The SMILES string of the molecule is N#CC(C#N)=Cc1ccc(/C=C/c2ccc(/C=C/[C]3[CH][CH][CH][CH]3)cc2)cc1. The van der Waals surface area contributed by atoms with Crippen LogP contribution in [0.3, 0.4) is 0 Å². The molecule has 2 aromatic carbocycles. The first-order valence-corrected chi connectivity index (χ1v) is 8.57. The highest BCUT2D eigenvalue weighted by Gasteiger charge is 2.12. The molecule has 2 heteroatoms. The second kappa shape index (κ2) is 9.37. The summed E-state index contributed by atoms with van der Waals surface area (Å²) in [6.45, 7) is 0. The maximum Gasteiger partial charge on any atom is 0.130 e. The quantitative estimate of drug-likeness (QED) is 0.515. The summed E-state index contributed by atoms with van der Waals surface area (Å²) in [6, 6.07) is 19.8. The van der Waals surface area contributed by atoms with E-state index in [0.717, 1.165) is 22.3 Å². The van der Waals surface area contributed by atoms with Gasteiger partial charge >= 0.3 is 0 Å². The Hall–Kier alpha value is -3.36. The van der Waals surface area contributed by atoms with Crippen molar-refractivity contribution in [3.8, 4) is 12.1 Å². The number of allylic oxidation sites excluding steroid dienone is 2. The molecule has 2 nitrogen and oxygen atoms in total. The fraction of sp³-hybridized carbons (Fsp3) is 0. The van der Waals surface area contributed by atoms with Crippen LogP contribution >= 0.6 is 0 Å². The third-order valence-corrected chi connectivity index (χ3v) is 4.05. The van der Waals surface area contributed by atoms with Crippen molar-refractivity contribution in [1.82, 2.24) is 0 Å². The summed E-state index contributed by atoms with van der Waals surface area (Å²) in [5.41, 5.74) is 4.29. The summed E-state index contributed by atoms with van der Waals surface area (Å²) in [4.78, 5) is 0. The Labute approximate surface area is 161 Å². The van der Waals surface area contributed by atoms with Crippen molar-refractivity contribution >= 4 is 24.3 Å². The molecule has 0 aromatic heterocycles. The van der Waals surface area contributed by atoms with Gasteiger partial charge in [0, 0.05) is 5.92 Å². The molecule has 3 rings (SSSR count). The van der Waals surface area contributed by atoms with Crippen LogP contribution in [0.5, 0.6) is 0 Å². The van der Waals surface area contributed by atoms with E-state index in [4.69, 9.17) is 10.5 Å². The predicted octanol–water partition coefficient (Wildman–Crippen LogP) is 5.71. The standard InChI is InChI=1S/C25H17N2/c26-18-25(19-27)17-24-15-13-23(14-16-24)12-11-22-9-7-21(8-10-22)6-5-20-3-1-2-4-20/h1-17H/b6-5+,12-11+. The summed E-state index contributed by atoms with van der Waals surface area (Å²) in [7, 11) is 0. The smallest absolute Gasteiger partial charge is 0.130 e. The molecule has 0 atom stereocenters. The molecule has 0 amide bonds. The Balaban J connectivity index is 1.61. The molecule has 0 N–H and O–H groups in total. The zero-order valence-corrected chi connectivity index (χ0v) is 14.7. The lowest BCUT2D eigenvalue weighted by Crippen LogP contribution is -1.84. The molecule has 2 aromatic rings. The average Bonchev–Trinajstić information content (AvgIpc) is 3.24. The van der Waals surface area contributed by atoms with Gasteiger partial charge in [-0.05, 0) is 54.0 Å². The van der Waals surface area contributed by atoms with E-state index in [0.29, 0.717) is 0 Å². The fourth-order valence-electron chi connectivity index (χ4n) is 2.56. The molecule has 0 heterocycles. The van der Waals surface area contributed by atoms with Crippen LogP contribution in [0.1, 0.15) is 22.3 Å². The summed E-state index contributed by atoms with van der Waals surface area (Å²) in [5, 5.41) is 17.6. The van der Waals surface area contributed by atoms with Gasteiger partial charge in [-0.2, -0.15) is 10.5 Å². The van der Waals surface area contributed by atoms with Gasteiger partial charge in [-0.15, -0.1) is 0 Å². The Morgan fingerprint density at radius 1 is 0.593 bits per heavy atom. The van der Waals surface area contributed by atoms with E-state index < -0.39 is 0 Å². The normalized spacial score (nSPS) is 14.3. The van der Waals surface area contributed by atoms with E-state index in [1.807, 2.05) is 55.3 Å². The van der Waals surface area contributed by atoms with Crippen LogP contribution in [-0.4, -0.2) is 0 Å². The molecule has 0 aliphatic heterocycles. The Morgan fingerprint density at radius 2 is 1.00 bits per heavy atom. The van der Waals surface area contributed by atoms with Crippen molar-refractivity contribution in [2.45, 2.75) is 0 Å². The second-order valence-corrected chi connectivity index (χ2v) is 6.00. The molecule has 1 saturated carbocycles. The molecule has 1 aliphatic carbocycles. The number of hydrogen-bond acceptors (Lipinski definition) is 2. The molecule has 5 radical (unpaired) electrons. The van der Waals surface area contributed by atoms with Crippen LogP contribution in [0.25, 0.3) is 24.3 Å². The highest BCUT2D eigenvalue weighted by molar-refractivity contribution is 5.71. The first-order valence-electron chi connectivity index (χ1n) is 8.57. The molecular weight excluding hydrogens is 328 g/mol. The van der Waals surface area contributed by atoms with Crippen LogP contribution in [0, 0.1) is 54.3 Å². The van der Waals surface area contributed by atoms with Gasteiger partial charge in [-0.25, -0.2) is 0 Å². The van der Waals surface area contributed by atoms with E-state index in [1.165, 1.54) is 5.92 Å². The van der Waals surface area contributed by atoms with Crippen LogP contribution in [0.4, 0.5) is 0 Å². The summed E-state index contributed by atoms with van der Waals surface area (Å²) in [6.07, 6.45) is 18.1. The van der Waals surface area contributed by atoms with Gasteiger partial charge < -0.3 is 0 Å². The molecular formula is C25H17N2. The summed E-state index contributed by atoms with van der Waals surface area (Å²) in [5.74, 6) is 1.20. The van der Waals surface area contributed by atoms with E-state index in [2.05, 4.69) is 55.3 Å². The van der Waals surface area contributed by atoms with Gasteiger partial charge in [-0.1, -0.05) is 72.8 Å². The zero-order chi connectivity index (χ0) is 18.9. The van der Waals surface area contributed by atoms with Gasteiger partial charge in [0.25, 0.3) is 0 Å². The topological polar surface area (TPSA) is 47.6 Å². The van der Waals surface area contributed by atoms with Gasteiger partial charge in [0.05, 0.1) is 0 Å². The third-order valence-electron chi connectivity index (χ3n) is 4.05. The molecule has 0 saturated heterocycles. The molecule has 27 heavy (non-hydrogen) atoms. The van der Waals surface area contributed by atoms with E-state index in [1.54, 1.807) is 6.08 Å². The largest absolute Gasteiger partial charge is 0.192 e. The molecule has 1 aliphatic rings. The first kappa shape index (κ1) is 18.4. The number of benzene rings is 2. The average molecular weight is 345 g/mol. The van der Waals surface area contributed by atoms with Crippen LogP contribution in [0.2, 0.25) is 0 Å². The third kappa shape index (κ3) is 5.56. The predicted molar refractivity (Wildman–Crippen MR) is 110 cm³/mol. The second-order valence-electron chi connectivity index (χ2n) is 6.00. The Bertz CT molecular complexity index is 908. The van der Waals surface area contributed by atoms with Crippen molar-refractivity contribution in [2.24, 2.45) is 0 Å². The monoisotopic (exact) mass is 345 g/mol. The van der Waals surface area contributed by atoms with Crippen molar-refractivity contribution in [3.63, 3.8) is 0 Å². The van der Waals surface area contributed by atoms with Crippen molar-refractivity contribution in [3.05, 3.63) is 114 Å². The van der Waals surface area contributed by atoms with Gasteiger partial charge in [0.2, 0.25) is 0 Å². The van der Waals surface area contributed by atoms with Crippen molar-refractivity contribution in [2.75, 3.05) is 0 Å². The van der Waals surface area contributed by atoms with Crippen molar-refractivity contribution < 1.29 is 0 Å². The lowest BCUT2D eigenvalue weighted by Gasteiger charge is -2.00. The minimum absolute atomic E-state index is 0.103. The molecule has 0 unspecified atom stereocenters.